The summed E-state index contributed by atoms with van der Waals surface area (Å²) in [5.41, 5.74) is 6.89. The first-order valence-electron chi connectivity index (χ1n) is 6.61. The van der Waals surface area contributed by atoms with Gasteiger partial charge in [0.15, 0.2) is 0 Å². The average molecular weight is 299 g/mol. The highest BCUT2D eigenvalue weighted by atomic mass is 35.5. The Morgan fingerprint density at radius 1 is 1.37 bits per heavy atom. The Morgan fingerprint density at radius 2 is 2.11 bits per heavy atom. The van der Waals surface area contributed by atoms with Crippen molar-refractivity contribution in [2.75, 3.05) is 16.8 Å². The van der Waals surface area contributed by atoms with Crippen molar-refractivity contribution in [1.29, 1.82) is 0 Å². The van der Waals surface area contributed by atoms with Crippen molar-refractivity contribution in [1.82, 2.24) is 0 Å². The molecule has 3 N–H and O–H groups in total. The Labute approximate surface area is 123 Å². The minimum atomic E-state index is 0.0253. The fourth-order valence-electron chi connectivity index (χ4n) is 2.24. The summed E-state index contributed by atoms with van der Waals surface area (Å²) >= 11 is 7.60. The van der Waals surface area contributed by atoms with Gasteiger partial charge in [0.2, 0.25) is 5.91 Å². The molecule has 0 heterocycles. The zero-order valence-electron chi connectivity index (χ0n) is 10.8. The lowest BCUT2D eigenvalue weighted by molar-refractivity contribution is -0.113. The van der Waals surface area contributed by atoms with Crippen molar-refractivity contribution >= 4 is 40.6 Å². The number of hydrogen-bond acceptors (Lipinski definition) is 3. The van der Waals surface area contributed by atoms with Gasteiger partial charge in [-0.1, -0.05) is 30.9 Å². The molecular weight excluding hydrogens is 280 g/mol. The van der Waals surface area contributed by atoms with E-state index in [0.29, 0.717) is 27.4 Å². The largest absolute Gasteiger partial charge is 0.397 e. The van der Waals surface area contributed by atoms with E-state index in [1.807, 2.05) is 0 Å². The molecule has 0 radical (unpaired) electrons. The molecular formula is C14H19ClN2OS. The first kappa shape index (κ1) is 14.5. The topological polar surface area (TPSA) is 55.1 Å². The molecule has 0 aromatic heterocycles. The van der Waals surface area contributed by atoms with E-state index in [1.54, 1.807) is 30.0 Å². The summed E-state index contributed by atoms with van der Waals surface area (Å²) in [6, 6.07) is 5.15. The van der Waals surface area contributed by atoms with Crippen molar-refractivity contribution in [3.63, 3.8) is 0 Å². The highest BCUT2D eigenvalue weighted by Gasteiger charge is 2.15. The van der Waals surface area contributed by atoms with E-state index in [-0.39, 0.29) is 5.91 Å². The molecule has 1 amide bonds. The number of nitrogens with two attached hydrogens (primary N) is 1. The Bertz CT molecular complexity index is 447. The number of rotatable bonds is 4. The van der Waals surface area contributed by atoms with Crippen LogP contribution in [0.15, 0.2) is 18.2 Å². The molecule has 0 saturated heterocycles. The van der Waals surface area contributed by atoms with Crippen LogP contribution in [0.25, 0.3) is 0 Å². The van der Waals surface area contributed by atoms with Crippen LogP contribution in [0, 0.1) is 0 Å². The van der Waals surface area contributed by atoms with Crippen LogP contribution in [0.3, 0.4) is 0 Å². The summed E-state index contributed by atoms with van der Waals surface area (Å²) in [4.78, 5) is 11.8. The Hall–Kier alpha value is -0.870. The monoisotopic (exact) mass is 298 g/mol. The van der Waals surface area contributed by atoms with E-state index in [0.717, 1.165) is 0 Å². The average Bonchev–Trinajstić information content (AvgIpc) is 2.42. The number of nitrogen functional groups attached to an aromatic ring is 1. The van der Waals surface area contributed by atoms with Gasteiger partial charge in [-0.3, -0.25) is 4.79 Å². The summed E-state index contributed by atoms with van der Waals surface area (Å²) in [6.45, 7) is 0. The normalized spacial score (nSPS) is 16.3. The molecule has 0 bridgehead atoms. The van der Waals surface area contributed by atoms with Gasteiger partial charge in [0.25, 0.3) is 0 Å². The molecule has 5 heteroatoms. The van der Waals surface area contributed by atoms with Crippen molar-refractivity contribution < 1.29 is 4.79 Å². The Morgan fingerprint density at radius 3 is 2.79 bits per heavy atom. The zero-order valence-corrected chi connectivity index (χ0v) is 12.4. The van der Waals surface area contributed by atoms with E-state index >= 15 is 0 Å². The number of anilines is 2. The van der Waals surface area contributed by atoms with Crippen LogP contribution in [0.1, 0.15) is 32.1 Å². The molecule has 0 spiro atoms. The van der Waals surface area contributed by atoms with Crippen molar-refractivity contribution in [3.05, 3.63) is 23.2 Å². The van der Waals surface area contributed by atoms with Gasteiger partial charge >= 0.3 is 0 Å². The molecule has 1 aromatic carbocycles. The third-order valence-corrected chi connectivity index (χ3v) is 5.00. The minimum absolute atomic E-state index is 0.0253. The number of hydrogen-bond donors (Lipinski definition) is 2. The number of thioether (sulfide) groups is 1. The van der Waals surface area contributed by atoms with E-state index < -0.39 is 0 Å². The van der Waals surface area contributed by atoms with Gasteiger partial charge in [-0.2, -0.15) is 0 Å². The maximum Gasteiger partial charge on any atom is 0.234 e. The van der Waals surface area contributed by atoms with Gasteiger partial charge in [0, 0.05) is 10.9 Å². The number of carbonyl (C=O) groups excluding carboxylic acids is 1. The fraction of sp³-hybridized carbons (Fsp3) is 0.500. The second-order valence-electron chi connectivity index (χ2n) is 4.86. The van der Waals surface area contributed by atoms with Crippen molar-refractivity contribution in [2.45, 2.75) is 37.4 Å². The van der Waals surface area contributed by atoms with Crippen LogP contribution >= 0.6 is 23.4 Å². The molecule has 3 nitrogen and oxygen atoms in total. The number of halogens is 1. The van der Waals surface area contributed by atoms with Gasteiger partial charge in [-0.25, -0.2) is 0 Å². The molecule has 0 unspecified atom stereocenters. The Kier molecular flexibility index (Phi) is 5.40. The molecule has 0 aliphatic heterocycles. The molecule has 19 heavy (non-hydrogen) atoms. The van der Waals surface area contributed by atoms with E-state index in [9.17, 15) is 4.79 Å². The van der Waals surface area contributed by atoms with E-state index in [4.69, 9.17) is 17.3 Å². The zero-order chi connectivity index (χ0) is 13.7. The molecule has 1 aliphatic rings. The van der Waals surface area contributed by atoms with Gasteiger partial charge in [0.1, 0.15) is 0 Å². The standard InChI is InChI=1S/C14H19ClN2OS/c15-12-7-6-10(8-13(12)16)17-14(18)9-19-11-4-2-1-3-5-11/h6-8,11H,1-5,9,16H2,(H,17,18). The third kappa shape index (κ3) is 4.62. The van der Waals surface area contributed by atoms with Gasteiger partial charge in [0.05, 0.1) is 16.5 Å². The SMILES string of the molecule is Nc1cc(NC(=O)CSC2CCCCC2)ccc1Cl. The number of amides is 1. The lowest BCUT2D eigenvalue weighted by Gasteiger charge is -2.20. The maximum atomic E-state index is 11.8. The lowest BCUT2D eigenvalue weighted by Crippen LogP contribution is -2.17. The molecule has 1 aromatic rings. The van der Waals surface area contributed by atoms with Crippen LogP contribution < -0.4 is 11.1 Å². The Balaban J connectivity index is 1.78. The van der Waals surface area contributed by atoms with Crippen molar-refractivity contribution in [3.8, 4) is 0 Å². The summed E-state index contributed by atoms with van der Waals surface area (Å²) in [7, 11) is 0. The van der Waals surface area contributed by atoms with Gasteiger partial charge in [-0.15, -0.1) is 11.8 Å². The van der Waals surface area contributed by atoms with Gasteiger partial charge in [-0.05, 0) is 31.0 Å². The van der Waals surface area contributed by atoms with Crippen LogP contribution in [0.2, 0.25) is 5.02 Å². The summed E-state index contributed by atoms with van der Waals surface area (Å²) < 4.78 is 0. The molecule has 2 rings (SSSR count). The second-order valence-corrected chi connectivity index (χ2v) is 6.55. The molecule has 1 saturated carbocycles. The number of carbonyl (C=O) groups is 1. The maximum absolute atomic E-state index is 11.8. The molecule has 0 atom stereocenters. The number of nitrogens with one attached hydrogen (secondary N) is 1. The van der Waals surface area contributed by atoms with E-state index in [2.05, 4.69) is 5.32 Å². The highest BCUT2D eigenvalue weighted by Crippen LogP contribution is 2.28. The summed E-state index contributed by atoms with van der Waals surface area (Å²) in [5.74, 6) is 0.532. The minimum Gasteiger partial charge on any atom is -0.397 e. The van der Waals surface area contributed by atoms with Crippen LogP contribution in [0.5, 0.6) is 0 Å². The first-order chi connectivity index (χ1) is 9.15. The summed E-state index contributed by atoms with van der Waals surface area (Å²) in [5, 5.41) is 4.01. The van der Waals surface area contributed by atoms with Crippen molar-refractivity contribution in [2.24, 2.45) is 0 Å². The number of benzene rings is 1. The first-order valence-corrected chi connectivity index (χ1v) is 8.04. The predicted octanol–water partition coefficient (Wildman–Crippen LogP) is 3.93. The molecule has 1 aliphatic carbocycles. The lowest BCUT2D eigenvalue weighted by atomic mass is 10.0. The fourth-order valence-corrected chi connectivity index (χ4v) is 3.49. The smallest absolute Gasteiger partial charge is 0.234 e. The predicted molar refractivity (Wildman–Crippen MR) is 83.8 cm³/mol. The summed E-state index contributed by atoms with van der Waals surface area (Å²) in [6.07, 6.45) is 6.42. The second kappa shape index (κ2) is 7.06. The molecule has 104 valence electrons. The highest BCUT2D eigenvalue weighted by molar-refractivity contribution is 8.00. The van der Waals surface area contributed by atoms with E-state index in [1.165, 1.54) is 32.1 Å². The van der Waals surface area contributed by atoms with Crippen LogP contribution in [-0.4, -0.2) is 16.9 Å². The van der Waals surface area contributed by atoms with Crippen LogP contribution in [-0.2, 0) is 4.79 Å². The quantitative estimate of drug-likeness (QED) is 0.828. The molecule has 1 fully saturated rings. The third-order valence-electron chi connectivity index (χ3n) is 3.28. The van der Waals surface area contributed by atoms with Gasteiger partial charge < -0.3 is 11.1 Å². The van der Waals surface area contributed by atoms with Crippen LogP contribution in [0.4, 0.5) is 11.4 Å².